The van der Waals surface area contributed by atoms with Crippen LogP contribution in [0, 0.1) is 12.3 Å². The van der Waals surface area contributed by atoms with Crippen molar-refractivity contribution < 1.29 is 9.53 Å². The predicted octanol–water partition coefficient (Wildman–Crippen LogP) is 2.27. The van der Waals surface area contributed by atoms with E-state index in [-0.39, 0.29) is 6.61 Å². The molecule has 3 heteroatoms. The molecular formula is C10H7BrO2. The molecule has 0 bridgehead atoms. The van der Waals surface area contributed by atoms with Gasteiger partial charge in [0.2, 0.25) is 0 Å². The minimum absolute atomic E-state index is 0.229. The van der Waals surface area contributed by atoms with E-state index in [1.165, 1.54) is 0 Å². The van der Waals surface area contributed by atoms with Crippen molar-refractivity contribution in [1.29, 1.82) is 0 Å². The Morgan fingerprint density at radius 1 is 1.62 bits per heavy atom. The number of ether oxygens (including phenoxy) is 1. The number of hydrogen-bond donors (Lipinski definition) is 0. The highest BCUT2D eigenvalue weighted by molar-refractivity contribution is 9.10. The molecule has 0 fully saturated rings. The van der Waals surface area contributed by atoms with Gasteiger partial charge in [-0.2, -0.15) is 0 Å². The van der Waals surface area contributed by atoms with Crippen molar-refractivity contribution in [3.63, 3.8) is 0 Å². The van der Waals surface area contributed by atoms with Crippen LogP contribution in [0.15, 0.2) is 22.7 Å². The lowest BCUT2D eigenvalue weighted by atomic mass is 10.2. The molecule has 0 saturated carbocycles. The van der Waals surface area contributed by atoms with Gasteiger partial charge in [-0.3, -0.25) is 4.79 Å². The zero-order valence-corrected chi connectivity index (χ0v) is 8.37. The molecule has 0 aliphatic carbocycles. The van der Waals surface area contributed by atoms with E-state index in [1.54, 1.807) is 18.2 Å². The Bertz CT molecular complexity index is 352. The van der Waals surface area contributed by atoms with Crippen molar-refractivity contribution in [2.45, 2.75) is 0 Å². The van der Waals surface area contributed by atoms with E-state index >= 15 is 0 Å². The lowest BCUT2D eigenvalue weighted by Gasteiger charge is -2.03. The molecule has 0 saturated heterocycles. The summed E-state index contributed by atoms with van der Waals surface area (Å²) in [7, 11) is 0. The number of aldehydes is 1. The number of benzene rings is 1. The Labute approximate surface area is 85.0 Å². The fourth-order valence-electron chi connectivity index (χ4n) is 0.818. The number of rotatable bonds is 3. The first kappa shape index (κ1) is 9.82. The van der Waals surface area contributed by atoms with Crippen LogP contribution >= 0.6 is 15.9 Å². The van der Waals surface area contributed by atoms with Gasteiger partial charge in [0.15, 0.2) is 6.29 Å². The van der Waals surface area contributed by atoms with Crippen LogP contribution in [0.25, 0.3) is 0 Å². The van der Waals surface area contributed by atoms with Crippen molar-refractivity contribution in [3.05, 3.63) is 28.2 Å². The molecule has 0 aliphatic rings. The first-order valence-corrected chi connectivity index (χ1v) is 4.38. The molecule has 0 aliphatic heterocycles. The molecule has 0 spiro atoms. The van der Waals surface area contributed by atoms with Gasteiger partial charge >= 0.3 is 0 Å². The van der Waals surface area contributed by atoms with Gasteiger partial charge in [-0.15, -0.1) is 6.42 Å². The molecule has 0 N–H and O–H groups in total. The number of carbonyl (C=O) groups excluding carboxylic acids is 1. The highest BCUT2D eigenvalue weighted by Gasteiger charge is 1.99. The van der Waals surface area contributed by atoms with E-state index in [4.69, 9.17) is 11.2 Å². The minimum Gasteiger partial charge on any atom is -0.481 e. The van der Waals surface area contributed by atoms with Gasteiger partial charge in [-0.1, -0.05) is 5.92 Å². The Balaban J connectivity index is 2.84. The Kier molecular flexibility index (Phi) is 3.53. The largest absolute Gasteiger partial charge is 0.481 e. The second-order valence-electron chi connectivity index (χ2n) is 2.29. The molecule has 0 heterocycles. The van der Waals surface area contributed by atoms with Gasteiger partial charge in [-0.25, -0.2) is 0 Å². The summed E-state index contributed by atoms with van der Waals surface area (Å²) in [5.74, 6) is 3.01. The third kappa shape index (κ3) is 2.60. The van der Waals surface area contributed by atoms with Crippen LogP contribution in [0.1, 0.15) is 10.4 Å². The lowest BCUT2D eigenvalue weighted by Crippen LogP contribution is -1.93. The average molecular weight is 239 g/mol. The van der Waals surface area contributed by atoms with Crippen LogP contribution in [0.5, 0.6) is 5.75 Å². The van der Waals surface area contributed by atoms with Crippen LogP contribution in [0.3, 0.4) is 0 Å². The van der Waals surface area contributed by atoms with Crippen LogP contribution in [-0.2, 0) is 0 Å². The van der Waals surface area contributed by atoms with Crippen LogP contribution in [0.2, 0.25) is 0 Å². The second-order valence-corrected chi connectivity index (χ2v) is 3.15. The molecule has 1 rings (SSSR count). The maximum atomic E-state index is 10.4. The van der Waals surface area contributed by atoms with E-state index < -0.39 is 0 Å². The Hall–Kier alpha value is -1.27. The molecule has 0 amide bonds. The molecule has 0 aromatic heterocycles. The summed E-state index contributed by atoms with van der Waals surface area (Å²) in [5, 5.41) is 0. The highest BCUT2D eigenvalue weighted by atomic mass is 79.9. The minimum atomic E-state index is 0.229. The molecule has 13 heavy (non-hydrogen) atoms. The van der Waals surface area contributed by atoms with Crippen molar-refractivity contribution in [2.75, 3.05) is 6.61 Å². The van der Waals surface area contributed by atoms with Gasteiger partial charge < -0.3 is 4.74 Å². The highest BCUT2D eigenvalue weighted by Crippen LogP contribution is 2.21. The van der Waals surface area contributed by atoms with Crippen LogP contribution in [0.4, 0.5) is 0 Å². The summed E-state index contributed by atoms with van der Waals surface area (Å²) in [5.41, 5.74) is 0.591. The van der Waals surface area contributed by atoms with E-state index in [9.17, 15) is 4.79 Å². The van der Waals surface area contributed by atoms with Gasteiger partial charge in [0.25, 0.3) is 0 Å². The monoisotopic (exact) mass is 238 g/mol. The summed E-state index contributed by atoms with van der Waals surface area (Å²) < 4.78 is 5.86. The van der Waals surface area contributed by atoms with Gasteiger partial charge in [0.1, 0.15) is 12.4 Å². The molecule has 0 atom stereocenters. The smallest absolute Gasteiger partial charge is 0.151 e. The zero-order chi connectivity index (χ0) is 9.68. The third-order valence-electron chi connectivity index (χ3n) is 1.42. The summed E-state index contributed by atoms with van der Waals surface area (Å²) in [6, 6.07) is 5.08. The molecular weight excluding hydrogens is 232 g/mol. The summed E-state index contributed by atoms with van der Waals surface area (Å²) in [4.78, 5) is 10.4. The fraction of sp³-hybridized carbons (Fsp3) is 0.100. The van der Waals surface area contributed by atoms with Crippen LogP contribution in [-0.4, -0.2) is 12.9 Å². The summed E-state index contributed by atoms with van der Waals surface area (Å²) in [6.07, 6.45) is 5.80. The zero-order valence-electron chi connectivity index (χ0n) is 6.79. The maximum absolute atomic E-state index is 10.4. The first-order valence-electron chi connectivity index (χ1n) is 3.59. The average Bonchev–Trinajstić information content (AvgIpc) is 2.15. The quantitative estimate of drug-likeness (QED) is 0.597. The van der Waals surface area contributed by atoms with Gasteiger partial charge in [0.05, 0.1) is 0 Å². The predicted molar refractivity (Wildman–Crippen MR) is 53.9 cm³/mol. The SMILES string of the molecule is C#CCOc1ccc(C=O)c(Br)c1. The van der Waals surface area contributed by atoms with Crippen LogP contribution < -0.4 is 4.74 Å². The number of carbonyl (C=O) groups is 1. The van der Waals surface area contributed by atoms with E-state index in [1.807, 2.05) is 0 Å². The van der Waals surface area contributed by atoms with E-state index in [0.717, 1.165) is 6.29 Å². The Morgan fingerprint density at radius 3 is 2.92 bits per heavy atom. The molecule has 0 unspecified atom stereocenters. The van der Waals surface area contributed by atoms with Crippen molar-refractivity contribution >= 4 is 22.2 Å². The molecule has 1 aromatic rings. The van der Waals surface area contributed by atoms with Crippen molar-refractivity contribution in [1.82, 2.24) is 0 Å². The normalized spacial score (nSPS) is 8.92. The molecule has 66 valence electrons. The second kappa shape index (κ2) is 4.68. The number of hydrogen-bond acceptors (Lipinski definition) is 2. The van der Waals surface area contributed by atoms with Gasteiger partial charge in [-0.05, 0) is 34.1 Å². The van der Waals surface area contributed by atoms with E-state index in [0.29, 0.717) is 15.8 Å². The molecule has 1 aromatic carbocycles. The molecule has 2 nitrogen and oxygen atoms in total. The van der Waals surface area contributed by atoms with Crippen molar-refractivity contribution in [3.8, 4) is 18.1 Å². The first-order chi connectivity index (χ1) is 6.27. The fourth-order valence-corrected chi connectivity index (χ4v) is 1.27. The summed E-state index contributed by atoms with van der Waals surface area (Å²) in [6.45, 7) is 0.229. The van der Waals surface area contributed by atoms with Gasteiger partial charge in [0, 0.05) is 10.0 Å². The van der Waals surface area contributed by atoms with E-state index in [2.05, 4.69) is 21.9 Å². The third-order valence-corrected chi connectivity index (χ3v) is 2.11. The topological polar surface area (TPSA) is 26.3 Å². The Morgan fingerprint density at radius 2 is 2.38 bits per heavy atom. The van der Waals surface area contributed by atoms with Crippen molar-refractivity contribution in [2.24, 2.45) is 0 Å². The summed E-state index contributed by atoms with van der Waals surface area (Å²) >= 11 is 3.24. The lowest BCUT2D eigenvalue weighted by molar-refractivity contribution is 0.112. The molecule has 0 radical (unpaired) electrons. The number of terminal acetylenes is 1. The standard InChI is InChI=1S/C10H7BrO2/c1-2-5-13-9-4-3-8(7-12)10(11)6-9/h1,3-4,6-7H,5H2. The number of halogens is 1. The maximum Gasteiger partial charge on any atom is 0.151 e.